The van der Waals surface area contributed by atoms with Crippen LogP contribution in [-0.4, -0.2) is 5.71 Å². The fraction of sp³-hybridized carbons (Fsp3) is 0.300. The number of aryl methyl sites for hydroxylation is 1. The van der Waals surface area contributed by atoms with Crippen molar-refractivity contribution < 1.29 is 0 Å². The first-order valence-corrected chi connectivity index (χ1v) is 4.79. The average Bonchev–Trinajstić information content (AvgIpc) is 2.29. The van der Waals surface area contributed by atoms with Gasteiger partial charge in [-0.3, -0.25) is 4.99 Å². The number of halogens is 1. The molecule has 1 heterocycles. The van der Waals surface area contributed by atoms with E-state index in [1.165, 1.54) is 16.8 Å². The third-order valence-corrected chi connectivity index (χ3v) is 2.62. The van der Waals surface area contributed by atoms with E-state index in [2.05, 4.69) is 46.9 Å². The predicted molar refractivity (Wildman–Crippen MR) is 55.4 cm³/mol. The minimum atomic E-state index is 1.02. The van der Waals surface area contributed by atoms with Crippen molar-refractivity contribution in [2.24, 2.45) is 4.99 Å². The lowest BCUT2D eigenvalue weighted by Crippen LogP contribution is -1.91. The van der Waals surface area contributed by atoms with Crippen molar-refractivity contribution in [1.82, 2.24) is 0 Å². The van der Waals surface area contributed by atoms with Gasteiger partial charge in [0.05, 0.1) is 5.69 Å². The molecule has 1 aliphatic heterocycles. The van der Waals surface area contributed by atoms with Crippen LogP contribution in [0.25, 0.3) is 0 Å². The quantitative estimate of drug-likeness (QED) is 0.640. The molecule has 0 amide bonds. The molecule has 1 aromatic rings. The first-order chi connectivity index (χ1) is 5.66. The van der Waals surface area contributed by atoms with Crippen molar-refractivity contribution in [2.45, 2.75) is 20.3 Å². The van der Waals surface area contributed by atoms with E-state index in [-0.39, 0.29) is 0 Å². The number of fused-ring (bicyclic) bond motifs is 1. The van der Waals surface area contributed by atoms with Crippen molar-refractivity contribution in [3.05, 3.63) is 27.7 Å². The Kier molecular flexibility index (Phi) is 1.80. The summed E-state index contributed by atoms with van der Waals surface area (Å²) in [6, 6.07) is 4.23. The molecule has 0 spiro atoms. The van der Waals surface area contributed by atoms with Crippen molar-refractivity contribution in [1.29, 1.82) is 0 Å². The Hall–Kier alpha value is -0.630. The van der Waals surface area contributed by atoms with E-state index in [4.69, 9.17) is 0 Å². The summed E-state index contributed by atoms with van der Waals surface area (Å²) in [6.45, 7) is 4.21. The van der Waals surface area contributed by atoms with Gasteiger partial charge in [-0.25, -0.2) is 0 Å². The van der Waals surface area contributed by atoms with E-state index in [9.17, 15) is 0 Å². The van der Waals surface area contributed by atoms with Crippen LogP contribution < -0.4 is 0 Å². The molecule has 2 heteroatoms. The monoisotopic (exact) mass is 223 g/mol. The van der Waals surface area contributed by atoms with E-state index in [1.807, 2.05) is 0 Å². The maximum absolute atomic E-state index is 4.46. The van der Waals surface area contributed by atoms with E-state index in [0.717, 1.165) is 16.6 Å². The number of hydrogen-bond acceptors (Lipinski definition) is 1. The van der Waals surface area contributed by atoms with Crippen LogP contribution in [0.15, 0.2) is 21.6 Å². The molecule has 0 radical (unpaired) electrons. The molecule has 0 fully saturated rings. The van der Waals surface area contributed by atoms with Crippen LogP contribution in [0, 0.1) is 6.92 Å². The molecule has 62 valence electrons. The van der Waals surface area contributed by atoms with Gasteiger partial charge in [-0.15, -0.1) is 0 Å². The highest BCUT2D eigenvalue weighted by atomic mass is 79.9. The summed E-state index contributed by atoms with van der Waals surface area (Å²) in [6.07, 6.45) is 1.02. The van der Waals surface area contributed by atoms with Gasteiger partial charge in [-0.05, 0) is 37.1 Å². The normalized spacial score (nSPS) is 14.4. The van der Waals surface area contributed by atoms with Crippen LogP contribution in [0.4, 0.5) is 5.69 Å². The third-order valence-electron chi connectivity index (χ3n) is 2.16. The molecule has 0 atom stereocenters. The van der Waals surface area contributed by atoms with Gasteiger partial charge >= 0.3 is 0 Å². The van der Waals surface area contributed by atoms with E-state index in [0.29, 0.717) is 0 Å². The Labute approximate surface area is 80.6 Å². The first kappa shape index (κ1) is 7.99. The first-order valence-electron chi connectivity index (χ1n) is 4.00. The zero-order valence-corrected chi connectivity index (χ0v) is 8.77. The van der Waals surface area contributed by atoms with Gasteiger partial charge < -0.3 is 0 Å². The third kappa shape index (κ3) is 1.20. The number of nitrogens with zero attached hydrogens (tertiary/aromatic N) is 1. The van der Waals surface area contributed by atoms with E-state index in [1.54, 1.807) is 0 Å². The molecule has 0 saturated carbocycles. The lowest BCUT2D eigenvalue weighted by molar-refractivity contribution is 1.29. The van der Waals surface area contributed by atoms with Gasteiger partial charge in [0.15, 0.2) is 0 Å². The van der Waals surface area contributed by atoms with Crippen LogP contribution in [0.5, 0.6) is 0 Å². The minimum absolute atomic E-state index is 1.02. The standard InChI is InChI=1S/C10H10BrN/c1-6-3-8(11)5-10-9(6)4-7(2)12-10/h3,5H,4H2,1-2H3. The molecule has 0 aromatic heterocycles. The summed E-state index contributed by atoms with van der Waals surface area (Å²) < 4.78 is 1.12. The average molecular weight is 224 g/mol. The van der Waals surface area contributed by atoms with Crippen LogP contribution in [0.2, 0.25) is 0 Å². The zero-order valence-electron chi connectivity index (χ0n) is 7.19. The van der Waals surface area contributed by atoms with Crippen LogP contribution >= 0.6 is 15.9 Å². The fourth-order valence-corrected chi connectivity index (χ4v) is 2.15. The lowest BCUT2D eigenvalue weighted by Gasteiger charge is -2.02. The van der Waals surface area contributed by atoms with Gasteiger partial charge in [0.25, 0.3) is 0 Å². The Morgan fingerprint density at radius 2 is 2.08 bits per heavy atom. The molecule has 0 unspecified atom stereocenters. The second-order valence-electron chi connectivity index (χ2n) is 3.24. The van der Waals surface area contributed by atoms with Crippen LogP contribution in [0.3, 0.4) is 0 Å². The molecule has 0 N–H and O–H groups in total. The molecule has 1 aromatic carbocycles. The molecule has 1 aliphatic rings. The van der Waals surface area contributed by atoms with Crippen molar-refractivity contribution in [2.75, 3.05) is 0 Å². The highest BCUT2D eigenvalue weighted by molar-refractivity contribution is 9.10. The number of benzene rings is 1. The fourth-order valence-electron chi connectivity index (χ4n) is 1.59. The lowest BCUT2D eigenvalue weighted by atomic mass is 10.0. The number of aliphatic imine (C=N–C) groups is 1. The molecule has 0 saturated heterocycles. The smallest absolute Gasteiger partial charge is 0.0678 e. The van der Waals surface area contributed by atoms with Crippen LogP contribution in [0.1, 0.15) is 18.1 Å². The molecule has 0 aliphatic carbocycles. The Balaban J connectivity index is 2.61. The summed E-state index contributed by atoms with van der Waals surface area (Å²) >= 11 is 3.47. The summed E-state index contributed by atoms with van der Waals surface area (Å²) in [5.74, 6) is 0. The maximum atomic E-state index is 4.46. The summed E-state index contributed by atoms with van der Waals surface area (Å²) in [7, 11) is 0. The molecule has 12 heavy (non-hydrogen) atoms. The van der Waals surface area contributed by atoms with Crippen molar-refractivity contribution >= 4 is 27.3 Å². The molecule has 0 bridgehead atoms. The Morgan fingerprint density at radius 1 is 1.33 bits per heavy atom. The second-order valence-corrected chi connectivity index (χ2v) is 4.16. The highest BCUT2D eigenvalue weighted by Gasteiger charge is 2.13. The summed E-state index contributed by atoms with van der Waals surface area (Å²) in [5, 5.41) is 0. The molecular weight excluding hydrogens is 214 g/mol. The van der Waals surface area contributed by atoms with Crippen molar-refractivity contribution in [3.8, 4) is 0 Å². The number of rotatable bonds is 0. The molecular formula is C10H10BrN. The van der Waals surface area contributed by atoms with Crippen LogP contribution in [-0.2, 0) is 6.42 Å². The minimum Gasteiger partial charge on any atom is -0.257 e. The highest BCUT2D eigenvalue weighted by Crippen LogP contribution is 2.32. The molecule has 1 nitrogen and oxygen atoms in total. The van der Waals surface area contributed by atoms with E-state index >= 15 is 0 Å². The van der Waals surface area contributed by atoms with Gasteiger partial charge in [-0.2, -0.15) is 0 Å². The van der Waals surface area contributed by atoms with Gasteiger partial charge in [0.1, 0.15) is 0 Å². The second kappa shape index (κ2) is 2.70. The maximum Gasteiger partial charge on any atom is 0.0678 e. The van der Waals surface area contributed by atoms with E-state index < -0.39 is 0 Å². The van der Waals surface area contributed by atoms with Gasteiger partial charge in [-0.1, -0.05) is 15.9 Å². The van der Waals surface area contributed by atoms with Gasteiger partial charge in [0.2, 0.25) is 0 Å². The Bertz CT molecular complexity index is 366. The topological polar surface area (TPSA) is 12.4 Å². The SMILES string of the molecule is CC1=Nc2cc(Br)cc(C)c2C1. The zero-order chi connectivity index (χ0) is 8.72. The number of hydrogen-bond donors (Lipinski definition) is 0. The summed E-state index contributed by atoms with van der Waals surface area (Å²) in [5.41, 5.74) is 5.07. The van der Waals surface area contributed by atoms with Crippen molar-refractivity contribution in [3.63, 3.8) is 0 Å². The van der Waals surface area contributed by atoms with Gasteiger partial charge in [0, 0.05) is 16.6 Å². The summed E-state index contributed by atoms with van der Waals surface area (Å²) in [4.78, 5) is 4.46. The largest absolute Gasteiger partial charge is 0.257 e. The molecule has 2 rings (SSSR count). The predicted octanol–water partition coefficient (Wildman–Crippen LogP) is 3.41. The Morgan fingerprint density at radius 3 is 2.83 bits per heavy atom.